The maximum absolute atomic E-state index is 2.35. The van der Waals surface area contributed by atoms with Crippen molar-refractivity contribution in [1.29, 1.82) is 0 Å². The van der Waals surface area contributed by atoms with E-state index >= 15 is 0 Å². The van der Waals surface area contributed by atoms with E-state index in [9.17, 15) is 0 Å². The largest absolute Gasteiger partial charge is 0.351 e. The summed E-state index contributed by atoms with van der Waals surface area (Å²) < 4.78 is 2.35. The molecule has 0 aliphatic heterocycles. The van der Waals surface area contributed by atoms with Gasteiger partial charge in [0.25, 0.3) is 0 Å². The Morgan fingerprint density at radius 1 is 1.06 bits per heavy atom. The minimum absolute atomic E-state index is 1.13. The Morgan fingerprint density at radius 2 is 1.81 bits per heavy atom. The molecule has 84 valence electrons. The van der Waals surface area contributed by atoms with Gasteiger partial charge in [0.15, 0.2) is 0 Å². The fourth-order valence-electron chi connectivity index (χ4n) is 1.97. The Kier molecular flexibility index (Phi) is 3.45. The Bertz CT molecular complexity index is 440. The predicted molar refractivity (Wildman–Crippen MR) is 69.5 cm³/mol. The number of rotatable bonds is 4. The van der Waals surface area contributed by atoms with Crippen molar-refractivity contribution in [3.63, 3.8) is 0 Å². The zero-order valence-corrected chi connectivity index (χ0v) is 10.1. The highest BCUT2D eigenvalue weighted by Crippen LogP contribution is 2.21. The highest BCUT2D eigenvalue weighted by Gasteiger charge is 2.03. The highest BCUT2D eigenvalue weighted by molar-refractivity contribution is 5.63. The second kappa shape index (κ2) is 5.02. The molecular formula is C15H19N. The first kappa shape index (κ1) is 11.0. The quantitative estimate of drug-likeness (QED) is 0.715. The van der Waals surface area contributed by atoms with E-state index in [4.69, 9.17) is 0 Å². The van der Waals surface area contributed by atoms with Gasteiger partial charge in [-0.25, -0.2) is 0 Å². The smallest absolute Gasteiger partial charge is 0.0222 e. The van der Waals surface area contributed by atoms with Crippen molar-refractivity contribution in [3.8, 4) is 11.1 Å². The van der Waals surface area contributed by atoms with E-state index in [1.54, 1.807) is 0 Å². The van der Waals surface area contributed by atoms with Crippen LogP contribution in [0.25, 0.3) is 11.1 Å². The first-order valence-corrected chi connectivity index (χ1v) is 6.03. The Morgan fingerprint density at radius 3 is 2.50 bits per heavy atom. The van der Waals surface area contributed by atoms with E-state index in [0.717, 1.165) is 6.54 Å². The minimum Gasteiger partial charge on any atom is -0.351 e. The van der Waals surface area contributed by atoms with Gasteiger partial charge >= 0.3 is 0 Å². The van der Waals surface area contributed by atoms with Crippen LogP contribution in [0.3, 0.4) is 0 Å². The minimum atomic E-state index is 1.13. The number of aromatic nitrogens is 1. The molecule has 0 bridgehead atoms. The molecule has 0 unspecified atom stereocenters. The molecule has 1 heteroatoms. The lowest BCUT2D eigenvalue weighted by atomic mass is 10.1. The third kappa shape index (κ3) is 2.35. The molecule has 0 saturated carbocycles. The van der Waals surface area contributed by atoms with Gasteiger partial charge in [-0.1, -0.05) is 43.7 Å². The Labute approximate surface area is 97.7 Å². The standard InChI is InChI=1S/C15H19N/c1-3-4-10-16-12-15(11-13(16)2)14-8-6-5-7-9-14/h5-9,11-12H,3-4,10H2,1-2H3. The van der Waals surface area contributed by atoms with Crippen LogP contribution in [0.4, 0.5) is 0 Å². The van der Waals surface area contributed by atoms with Crippen LogP contribution in [0, 0.1) is 6.92 Å². The molecule has 0 N–H and O–H groups in total. The molecule has 16 heavy (non-hydrogen) atoms. The Balaban J connectivity index is 2.24. The molecule has 2 rings (SSSR count). The van der Waals surface area contributed by atoms with E-state index in [1.807, 2.05) is 0 Å². The summed E-state index contributed by atoms with van der Waals surface area (Å²) >= 11 is 0. The summed E-state index contributed by atoms with van der Waals surface area (Å²) in [4.78, 5) is 0. The molecule has 0 atom stereocenters. The topological polar surface area (TPSA) is 4.93 Å². The van der Waals surface area contributed by atoms with Crippen LogP contribution in [-0.2, 0) is 6.54 Å². The summed E-state index contributed by atoms with van der Waals surface area (Å²) in [5.41, 5.74) is 3.99. The van der Waals surface area contributed by atoms with Crippen LogP contribution in [0.1, 0.15) is 25.5 Å². The summed E-state index contributed by atoms with van der Waals surface area (Å²) in [5, 5.41) is 0. The molecule has 0 amide bonds. The number of hydrogen-bond acceptors (Lipinski definition) is 0. The zero-order chi connectivity index (χ0) is 11.4. The van der Waals surface area contributed by atoms with Gasteiger partial charge in [0.1, 0.15) is 0 Å². The summed E-state index contributed by atoms with van der Waals surface area (Å²) in [6, 6.07) is 12.8. The van der Waals surface area contributed by atoms with Crippen molar-refractivity contribution in [2.24, 2.45) is 0 Å². The van der Waals surface area contributed by atoms with E-state index in [2.05, 4.69) is 61.0 Å². The lowest BCUT2D eigenvalue weighted by molar-refractivity contribution is 0.622. The SMILES string of the molecule is CCCCn1cc(-c2ccccc2)cc1C. The zero-order valence-electron chi connectivity index (χ0n) is 10.1. The van der Waals surface area contributed by atoms with Crippen LogP contribution in [0.2, 0.25) is 0 Å². The second-order valence-corrected chi connectivity index (χ2v) is 4.28. The molecule has 0 aliphatic rings. The number of aryl methyl sites for hydroxylation is 2. The molecule has 1 aromatic carbocycles. The van der Waals surface area contributed by atoms with Gasteiger partial charge in [0, 0.05) is 18.4 Å². The molecule has 0 fully saturated rings. The molecule has 0 radical (unpaired) electrons. The van der Waals surface area contributed by atoms with E-state index in [-0.39, 0.29) is 0 Å². The lowest BCUT2D eigenvalue weighted by Crippen LogP contribution is -1.97. The van der Waals surface area contributed by atoms with Gasteiger partial charge in [-0.3, -0.25) is 0 Å². The molecule has 2 aromatic rings. The van der Waals surface area contributed by atoms with Gasteiger partial charge in [0.05, 0.1) is 0 Å². The van der Waals surface area contributed by atoms with Gasteiger partial charge in [-0.2, -0.15) is 0 Å². The van der Waals surface area contributed by atoms with E-state index in [0.29, 0.717) is 0 Å². The van der Waals surface area contributed by atoms with Crippen LogP contribution in [-0.4, -0.2) is 4.57 Å². The average molecular weight is 213 g/mol. The van der Waals surface area contributed by atoms with Crippen molar-refractivity contribution in [1.82, 2.24) is 4.57 Å². The van der Waals surface area contributed by atoms with Gasteiger partial charge in [-0.15, -0.1) is 0 Å². The van der Waals surface area contributed by atoms with Gasteiger partial charge in [-0.05, 0) is 30.5 Å². The fraction of sp³-hybridized carbons (Fsp3) is 0.333. The summed E-state index contributed by atoms with van der Waals surface area (Å²) in [6.45, 7) is 5.55. The highest BCUT2D eigenvalue weighted by atomic mass is 15.0. The van der Waals surface area contributed by atoms with Crippen molar-refractivity contribution in [3.05, 3.63) is 48.3 Å². The molecule has 0 saturated heterocycles. The summed E-state index contributed by atoms with van der Waals surface area (Å²) in [7, 11) is 0. The van der Waals surface area contributed by atoms with Crippen molar-refractivity contribution in [2.75, 3.05) is 0 Å². The van der Waals surface area contributed by atoms with Crippen LogP contribution >= 0.6 is 0 Å². The predicted octanol–water partition coefficient (Wildman–Crippen LogP) is 4.26. The molecular weight excluding hydrogens is 194 g/mol. The first-order valence-electron chi connectivity index (χ1n) is 6.03. The molecule has 0 spiro atoms. The molecule has 1 aromatic heterocycles. The monoisotopic (exact) mass is 213 g/mol. The fourth-order valence-corrected chi connectivity index (χ4v) is 1.97. The van der Waals surface area contributed by atoms with Crippen molar-refractivity contribution < 1.29 is 0 Å². The van der Waals surface area contributed by atoms with Gasteiger partial charge in [0.2, 0.25) is 0 Å². The van der Waals surface area contributed by atoms with Crippen molar-refractivity contribution in [2.45, 2.75) is 33.2 Å². The third-order valence-electron chi connectivity index (χ3n) is 2.97. The summed E-state index contributed by atoms with van der Waals surface area (Å²) in [6.07, 6.45) is 4.77. The number of hydrogen-bond donors (Lipinski definition) is 0. The van der Waals surface area contributed by atoms with Crippen LogP contribution < -0.4 is 0 Å². The third-order valence-corrected chi connectivity index (χ3v) is 2.97. The van der Waals surface area contributed by atoms with E-state index in [1.165, 1.54) is 29.7 Å². The van der Waals surface area contributed by atoms with Crippen LogP contribution in [0.15, 0.2) is 42.6 Å². The molecule has 0 aliphatic carbocycles. The number of benzene rings is 1. The van der Waals surface area contributed by atoms with Crippen molar-refractivity contribution >= 4 is 0 Å². The molecule has 1 heterocycles. The second-order valence-electron chi connectivity index (χ2n) is 4.28. The average Bonchev–Trinajstić information content (AvgIpc) is 2.69. The number of unbranched alkanes of at least 4 members (excludes halogenated alkanes) is 1. The first-order chi connectivity index (χ1) is 7.81. The van der Waals surface area contributed by atoms with E-state index < -0.39 is 0 Å². The lowest BCUT2D eigenvalue weighted by Gasteiger charge is -2.03. The maximum Gasteiger partial charge on any atom is 0.0222 e. The van der Waals surface area contributed by atoms with Gasteiger partial charge < -0.3 is 4.57 Å². The maximum atomic E-state index is 2.35. The summed E-state index contributed by atoms with van der Waals surface area (Å²) in [5.74, 6) is 0. The Hall–Kier alpha value is -1.50. The number of nitrogens with zero attached hydrogens (tertiary/aromatic N) is 1. The van der Waals surface area contributed by atoms with Crippen LogP contribution in [0.5, 0.6) is 0 Å². The normalized spacial score (nSPS) is 10.6. The molecule has 1 nitrogen and oxygen atoms in total.